The number of rotatable bonds is 6. The van der Waals surface area contributed by atoms with Crippen LogP contribution in [0.4, 0.5) is 9.18 Å². The molecule has 0 spiro atoms. The summed E-state index contributed by atoms with van der Waals surface area (Å²) in [4.78, 5) is 36.1. The number of aromatic nitrogens is 2. The first-order valence-corrected chi connectivity index (χ1v) is 8.08. The third kappa shape index (κ3) is 3.79. The first-order valence-electron chi connectivity index (χ1n) is 8.08. The second kappa shape index (κ2) is 8.43. The molecule has 1 aliphatic rings. The number of hydrogen-bond donors (Lipinski definition) is 2. The predicted molar refractivity (Wildman–Crippen MR) is 84.3 cm³/mol. The molecule has 10 nitrogen and oxygen atoms in total. The van der Waals surface area contributed by atoms with Crippen LogP contribution in [0.5, 0.6) is 0 Å². The molecule has 2 heterocycles. The molecule has 1 aromatic rings. The Hall–Kier alpha value is -2.24. The second-order valence-corrected chi connectivity index (χ2v) is 5.55. The lowest BCUT2D eigenvalue weighted by molar-refractivity contribution is -0.0498. The Balaban J connectivity index is 2.41. The van der Waals surface area contributed by atoms with Gasteiger partial charge in [-0.25, -0.2) is 14.0 Å². The number of nitrogens with zero attached hydrogens (tertiary/aromatic N) is 2. The van der Waals surface area contributed by atoms with Crippen LogP contribution in [0.3, 0.4) is 0 Å². The van der Waals surface area contributed by atoms with Gasteiger partial charge in [-0.15, -0.1) is 0 Å². The molecule has 11 heteroatoms. The summed E-state index contributed by atoms with van der Waals surface area (Å²) in [5.41, 5.74) is -1.65. The van der Waals surface area contributed by atoms with E-state index in [0.717, 1.165) is 15.3 Å². The average Bonchev–Trinajstić information content (AvgIpc) is 2.90. The largest absolute Gasteiger partial charge is 0.508 e. The highest BCUT2D eigenvalue weighted by molar-refractivity contribution is 5.59. The first-order chi connectivity index (χ1) is 12.3. The van der Waals surface area contributed by atoms with Gasteiger partial charge in [0.1, 0.15) is 18.8 Å². The van der Waals surface area contributed by atoms with Crippen LogP contribution in [0.2, 0.25) is 0 Å². The molecule has 2 rings (SSSR count). The minimum absolute atomic E-state index is 0.0133. The van der Waals surface area contributed by atoms with Gasteiger partial charge in [0, 0.05) is 12.7 Å². The molecule has 2 N–H and O–H groups in total. The molecule has 0 aliphatic carbocycles. The van der Waals surface area contributed by atoms with Crippen molar-refractivity contribution in [3.63, 3.8) is 0 Å². The number of carbonyl (C=O) groups excluding carboxylic acids is 1. The molecule has 0 saturated carbocycles. The van der Waals surface area contributed by atoms with E-state index in [4.69, 9.17) is 14.6 Å². The quantitative estimate of drug-likeness (QED) is 0.623. The summed E-state index contributed by atoms with van der Waals surface area (Å²) in [6.45, 7) is 2.05. The molecule has 1 fully saturated rings. The van der Waals surface area contributed by atoms with Crippen molar-refractivity contribution in [2.45, 2.75) is 51.6 Å². The highest BCUT2D eigenvalue weighted by Crippen LogP contribution is 2.30. The fourth-order valence-electron chi connectivity index (χ4n) is 2.61. The number of carbonyl (C=O) groups is 1. The van der Waals surface area contributed by atoms with Gasteiger partial charge in [-0.2, -0.15) is 0 Å². The molecular formula is C15H21FN2O8. The Morgan fingerprint density at radius 3 is 2.58 bits per heavy atom. The monoisotopic (exact) mass is 376 g/mol. The van der Waals surface area contributed by atoms with Gasteiger partial charge in [0.05, 0.1) is 18.8 Å². The van der Waals surface area contributed by atoms with E-state index in [1.54, 1.807) is 6.92 Å². The minimum atomic E-state index is -1.99. The van der Waals surface area contributed by atoms with Gasteiger partial charge in [0.2, 0.25) is 0 Å². The van der Waals surface area contributed by atoms with Crippen LogP contribution >= 0.6 is 0 Å². The molecule has 1 saturated heterocycles. The Morgan fingerprint density at radius 2 is 2.04 bits per heavy atom. The van der Waals surface area contributed by atoms with E-state index in [1.807, 2.05) is 0 Å². The summed E-state index contributed by atoms with van der Waals surface area (Å²) < 4.78 is 30.5. The fraction of sp³-hybridized carbons (Fsp3) is 0.667. The lowest BCUT2D eigenvalue weighted by Gasteiger charge is -2.19. The third-order valence-electron chi connectivity index (χ3n) is 3.94. The summed E-state index contributed by atoms with van der Waals surface area (Å²) in [5.74, 6) is 0. The maximum atomic E-state index is 14.3. The number of aliphatic hydroxyl groups excluding tert-OH is 2. The molecule has 0 radical (unpaired) electrons. The number of aliphatic hydroxyl groups is 2. The lowest BCUT2D eigenvalue weighted by atomic mass is 10.1. The van der Waals surface area contributed by atoms with Gasteiger partial charge in [-0.05, 0) is 13.8 Å². The molecule has 0 aromatic carbocycles. The predicted octanol–water partition coefficient (Wildman–Crippen LogP) is -0.708. The summed E-state index contributed by atoms with van der Waals surface area (Å²) in [6, 6.07) is 0. The van der Waals surface area contributed by atoms with Gasteiger partial charge in [-0.1, -0.05) is 0 Å². The van der Waals surface area contributed by atoms with E-state index >= 15 is 0 Å². The molecule has 1 aliphatic heterocycles. The zero-order valence-electron chi connectivity index (χ0n) is 14.3. The fourth-order valence-corrected chi connectivity index (χ4v) is 2.61. The van der Waals surface area contributed by atoms with Gasteiger partial charge < -0.3 is 24.4 Å². The van der Waals surface area contributed by atoms with Crippen molar-refractivity contribution in [1.82, 2.24) is 9.13 Å². The average molecular weight is 376 g/mol. The maximum Gasteiger partial charge on any atom is 0.508 e. The third-order valence-corrected chi connectivity index (χ3v) is 3.94. The molecule has 146 valence electrons. The van der Waals surface area contributed by atoms with E-state index in [1.165, 1.54) is 6.92 Å². The molecule has 4 atom stereocenters. The Morgan fingerprint density at radius 1 is 1.35 bits per heavy atom. The second-order valence-electron chi connectivity index (χ2n) is 5.55. The zero-order chi connectivity index (χ0) is 19.4. The number of hydrogen-bond acceptors (Lipinski definition) is 8. The highest BCUT2D eigenvalue weighted by Gasteiger charge is 2.45. The van der Waals surface area contributed by atoms with Gasteiger partial charge in [0.25, 0.3) is 5.56 Å². The molecule has 0 bridgehead atoms. The van der Waals surface area contributed by atoms with Crippen molar-refractivity contribution in [3.05, 3.63) is 32.6 Å². The Kier molecular flexibility index (Phi) is 6.51. The van der Waals surface area contributed by atoms with Crippen LogP contribution in [0, 0.1) is 0 Å². The standard InChI is InChI=1S/C15H21FN2O8/c1-3-17-12(21)8(7-25-15(23)24-4-2)5-18(14(17)22)13-10(16)11(20)9(6-19)26-13/h5,9-11,13,19-20H,3-4,6-7H2,1-2H3/t9-,10+,11-,13-/m1/s1. The molecule has 0 unspecified atom stereocenters. The molecule has 0 amide bonds. The van der Waals surface area contributed by atoms with E-state index in [2.05, 4.69) is 4.74 Å². The topological polar surface area (TPSA) is 129 Å². The summed E-state index contributed by atoms with van der Waals surface area (Å²) in [5, 5.41) is 18.9. The van der Waals surface area contributed by atoms with Crippen LogP contribution in [0.15, 0.2) is 15.8 Å². The van der Waals surface area contributed by atoms with Gasteiger partial charge >= 0.3 is 11.8 Å². The number of halogens is 1. The zero-order valence-corrected chi connectivity index (χ0v) is 14.3. The molecule has 26 heavy (non-hydrogen) atoms. The van der Waals surface area contributed by atoms with E-state index < -0.39 is 55.2 Å². The van der Waals surface area contributed by atoms with E-state index in [9.17, 15) is 23.9 Å². The van der Waals surface area contributed by atoms with Crippen molar-refractivity contribution in [1.29, 1.82) is 0 Å². The SMILES string of the molecule is CCOC(=O)OCc1cn([C@@H]2O[C@H](CO)[C@@H](O)[C@@H]2F)c(=O)n(CC)c1=O. The van der Waals surface area contributed by atoms with Crippen LogP contribution in [0.1, 0.15) is 25.6 Å². The van der Waals surface area contributed by atoms with Crippen molar-refractivity contribution in [2.75, 3.05) is 13.2 Å². The molecular weight excluding hydrogens is 355 g/mol. The normalized spacial score (nSPS) is 25.3. The number of ether oxygens (including phenoxy) is 3. The smallest absolute Gasteiger partial charge is 0.435 e. The minimum Gasteiger partial charge on any atom is -0.435 e. The summed E-state index contributed by atoms with van der Waals surface area (Å²) in [7, 11) is 0. The van der Waals surface area contributed by atoms with Gasteiger partial charge in [0.15, 0.2) is 12.4 Å². The summed E-state index contributed by atoms with van der Waals surface area (Å²) >= 11 is 0. The van der Waals surface area contributed by atoms with Crippen molar-refractivity contribution in [3.8, 4) is 0 Å². The van der Waals surface area contributed by atoms with Crippen molar-refractivity contribution >= 4 is 6.16 Å². The van der Waals surface area contributed by atoms with Crippen LogP contribution in [-0.4, -0.2) is 57.1 Å². The molecule has 1 aromatic heterocycles. The van der Waals surface area contributed by atoms with Crippen LogP contribution in [0.25, 0.3) is 0 Å². The maximum absolute atomic E-state index is 14.3. The summed E-state index contributed by atoms with van der Waals surface area (Å²) in [6.07, 6.45) is -6.34. The number of alkyl halides is 1. The van der Waals surface area contributed by atoms with Crippen molar-refractivity contribution in [2.24, 2.45) is 0 Å². The van der Waals surface area contributed by atoms with Crippen LogP contribution in [-0.2, 0) is 27.4 Å². The first kappa shape index (κ1) is 20.1. The Labute approximate surface area is 147 Å². The van der Waals surface area contributed by atoms with Gasteiger partial charge in [-0.3, -0.25) is 13.9 Å². The van der Waals surface area contributed by atoms with E-state index in [-0.39, 0.29) is 18.7 Å². The van der Waals surface area contributed by atoms with E-state index in [0.29, 0.717) is 0 Å². The van der Waals surface area contributed by atoms with Crippen molar-refractivity contribution < 1.29 is 33.6 Å². The van der Waals surface area contributed by atoms with Crippen LogP contribution < -0.4 is 11.2 Å². The highest BCUT2D eigenvalue weighted by atomic mass is 19.1. The lowest BCUT2D eigenvalue weighted by Crippen LogP contribution is -2.44. The Bertz CT molecular complexity index is 761.